The summed E-state index contributed by atoms with van der Waals surface area (Å²) in [6.45, 7) is 2.54. The van der Waals surface area contributed by atoms with Gasteiger partial charge in [-0.2, -0.15) is 0 Å². The third-order valence-electron chi connectivity index (χ3n) is 2.12. The van der Waals surface area contributed by atoms with Gasteiger partial charge < -0.3 is 5.32 Å². The zero-order valence-corrected chi connectivity index (χ0v) is 11.9. The van der Waals surface area contributed by atoms with E-state index in [1.54, 1.807) is 6.07 Å². The second kappa shape index (κ2) is 6.35. The highest BCUT2D eigenvalue weighted by Crippen LogP contribution is 2.20. The zero-order chi connectivity index (χ0) is 12.1. The van der Waals surface area contributed by atoms with Gasteiger partial charge in [-0.25, -0.2) is 4.39 Å². The molecule has 0 bridgehead atoms. The number of hydrogen-bond acceptors (Lipinski definition) is 1. The smallest absolute Gasteiger partial charge is 0.252 e. The van der Waals surface area contributed by atoms with Crippen LogP contribution in [0.25, 0.3) is 0 Å². The van der Waals surface area contributed by atoms with Crippen LogP contribution in [-0.2, 0) is 0 Å². The molecule has 1 unspecified atom stereocenters. The number of rotatable bonds is 4. The monoisotopic (exact) mass is 351 g/mol. The first-order valence-electron chi connectivity index (χ1n) is 4.92. The van der Waals surface area contributed by atoms with E-state index in [0.29, 0.717) is 12.1 Å². The number of halogens is 3. The van der Waals surface area contributed by atoms with Crippen molar-refractivity contribution in [2.24, 2.45) is 0 Å². The summed E-state index contributed by atoms with van der Waals surface area (Å²) in [5, 5.41) is 2.74. The fourth-order valence-electron chi connectivity index (χ4n) is 1.12. The molecule has 88 valence electrons. The molecule has 0 radical (unpaired) electrons. The maximum Gasteiger partial charge on any atom is 0.252 e. The Hall–Kier alpha value is -0.420. The molecular formula is C11H12Br2FNO. The van der Waals surface area contributed by atoms with Crippen molar-refractivity contribution in [1.82, 2.24) is 5.32 Å². The molecule has 1 aromatic carbocycles. The first-order valence-corrected chi connectivity index (χ1v) is 6.63. The molecule has 0 aromatic heterocycles. The predicted octanol–water partition coefficient (Wildman–Crippen LogP) is 3.49. The van der Waals surface area contributed by atoms with Gasteiger partial charge in [-0.15, -0.1) is 0 Å². The lowest BCUT2D eigenvalue weighted by molar-refractivity contribution is 0.0952. The van der Waals surface area contributed by atoms with Crippen molar-refractivity contribution < 1.29 is 9.18 Å². The minimum atomic E-state index is -0.432. The highest BCUT2D eigenvalue weighted by Gasteiger charge is 2.13. The van der Waals surface area contributed by atoms with Crippen LogP contribution < -0.4 is 5.32 Å². The molecule has 0 aliphatic carbocycles. The summed E-state index contributed by atoms with van der Waals surface area (Å²) in [6, 6.07) is 4.40. The van der Waals surface area contributed by atoms with Gasteiger partial charge in [0.05, 0.1) is 10.0 Å². The number of alkyl halides is 1. The van der Waals surface area contributed by atoms with E-state index in [2.05, 4.69) is 37.2 Å². The van der Waals surface area contributed by atoms with Crippen molar-refractivity contribution >= 4 is 37.8 Å². The number of benzene rings is 1. The largest absolute Gasteiger partial charge is 0.351 e. The fourth-order valence-corrected chi connectivity index (χ4v) is 1.73. The minimum absolute atomic E-state index is 0.204. The van der Waals surface area contributed by atoms with Crippen molar-refractivity contribution in [2.75, 3.05) is 6.54 Å². The first-order chi connectivity index (χ1) is 7.56. The quantitative estimate of drug-likeness (QED) is 0.825. The van der Waals surface area contributed by atoms with E-state index in [0.717, 1.165) is 6.42 Å². The molecular weight excluding hydrogens is 341 g/mol. The second-order valence-corrected chi connectivity index (χ2v) is 5.40. The number of carbonyl (C=O) groups is 1. The maximum atomic E-state index is 13.2. The average molecular weight is 353 g/mol. The van der Waals surface area contributed by atoms with Crippen LogP contribution in [0.3, 0.4) is 0 Å². The lowest BCUT2D eigenvalue weighted by Crippen LogP contribution is -2.29. The summed E-state index contributed by atoms with van der Waals surface area (Å²) in [7, 11) is 0. The van der Waals surface area contributed by atoms with E-state index >= 15 is 0 Å². The van der Waals surface area contributed by atoms with Crippen LogP contribution in [0.2, 0.25) is 0 Å². The molecule has 0 fully saturated rings. The molecule has 1 rings (SSSR count). The Kier molecular flexibility index (Phi) is 5.41. The van der Waals surface area contributed by atoms with Gasteiger partial charge in [0.25, 0.3) is 5.91 Å². The van der Waals surface area contributed by atoms with Gasteiger partial charge in [-0.05, 0) is 34.5 Å². The molecule has 5 heteroatoms. The molecule has 1 atom stereocenters. The molecule has 1 aromatic rings. The summed E-state index contributed by atoms with van der Waals surface area (Å²) in [5.41, 5.74) is 0.316. The Morgan fingerprint density at radius 1 is 1.56 bits per heavy atom. The normalized spacial score (nSPS) is 12.2. The lowest BCUT2D eigenvalue weighted by Gasteiger charge is -2.10. The van der Waals surface area contributed by atoms with Crippen LogP contribution >= 0.6 is 31.9 Å². The van der Waals surface area contributed by atoms with Crippen LogP contribution in [-0.4, -0.2) is 17.3 Å². The van der Waals surface area contributed by atoms with E-state index in [4.69, 9.17) is 0 Å². The highest BCUT2D eigenvalue weighted by molar-refractivity contribution is 9.10. The van der Waals surface area contributed by atoms with Crippen LogP contribution in [0.5, 0.6) is 0 Å². The number of hydrogen-bond donors (Lipinski definition) is 1. The van der Waals surface area contributed by atoms with Crippen molar-refractivity contribution in [1.29, 1.82) is 0 Å². The summed E-state index contributed by atoms with van der Waals surface area (Å²) in [5.74, 6) is -0.706. The molecule has 1 amide bonds. The van der Waals surface area contributed by atoms with Gasteiger partial charge in [-0.3, -0.25) is 4.79 Å². The Morgan fingerprint density at radius 3 is 2.88 bits per heavy atom. The molecule has 0 heterocycles. The topological polar surface area (TPSA) is 29.1 Å². The van der Waals surface area contributed by atoms with E-state index < -0.39 is 5.82 Å². The minimum Gasteiger partial charge on any atom is -0.351 e. The van der Waals surface area contributed by atoms with Gasteiger partial charge in [0.2, 0.25) is 0 Å². The SMILES string of the molecule is CCC(Br)CNC(=O)c1cccc(F)c1Br. The Labute approximate surface area is 111 Å². The molecule has 16 heavy (non-hydrogen) atoms. The summed E-state index contributed by atoms with van der Waals surface area (Å²) >= 11 is 6.47. The maximum absolute atomic E-state index is 13.2. The molecule has 0 aliphatic rings. The fraction of sp³-hybridized carbons (Fsp3) is 0.364. The van der Waals surface area contributed by atoms with Crippen molar-refractivity contribution in [3.8, 4) is 0 Å². The first kappa shape index (κ1) is 13.6. The summed E-state index contributed by atoms with van der Waals surface area (Å²) < 4.78 is 13.4. The molecule has 0 aliphatic heterocycles. The predicted molar refractivity (Wildman–Crippen MR) is 69.4 cm³/mol. The van der Waals surface area contributed by atoms with Crippen LogP contribution in [0.4, 0.5) is 4.39 Å². The van der Waals surface area contributed by atoms with Gasteiger partial charge in [0.15, 0.2) is 0 Å². The molecule has 2 nitrogen and oxygen atoms in total. The highest BCUT2D eigenvalue weighted by atomic mass is 79.9. The number of carbonyl (C=O) groups excluding carboxylic acids is 1. The van der Waals surface area contributed by atoms with E-state index in [-0.39, 0.29) is 15.2 Å². The molecule has 0 spiro atoms. The summed E-state index contributed by atoms with van der Waals surface area (Å²) in [6.07, 6.45) is 0.921. The van der Waals surface area contributed by atoms with Gasteiger partial charge in [-0.1, -0.05) is 28.9 Å². The Balaban J connectivity index is 2.70. The average Bonchev–Trinajstić information content (AvgIpc) is 2.29. The standard InChI is InChI=1S/C11H12Br2FNO/c1-2-7(12)6-15-11(16)8-4-3-5-9(14)10(8)13/h3-5,7H,2,6H2,1H3,(H,15,16). The molecule has 0 saturated heterocycles. The summed E-state index contributed by atoms with van der Waals surface area (Å²) in [4.78, 5) is 11.9. The third-order valence-corrected chi connectivity index (χ3v) is 3.90. The van der Waals surface area contributed by atoms with E-state index in [1.807, 2.05) is 6.92 Å². The molecule has 1 N–H and O–H groups in total. The lowest BCUT2D eigenvalue weighted by atomic mass is 10.2. The second-order valence-electron chi connectivity index (χ2n) is 3.32. The zero-order valence-electron chi connectivity index (χ0n) is 8.77. The third kappa shape index (κ3) is 3.56. The van der Waals surface area contributed by atoms with Crippen molar-refractivity contribution in [3.05, 3.63) is 34.1 Å². The van der Waals surface area contributed by atoms with Crippen LogP contribution in [0.15, 0.2) is 22.7 Å². The number of nitrogens with one attached hydrogen (secondary N) is 1. The van der Waals surface area contributed by atoms with Crippen LogP contribution in [0, 0.1) is 5.82 Å². The Morgan fingerprint density at radius 2 is 2.25 bits per heavy atom. The number of amides is 1. The van der Waals surface area contributed by atoms with Gasteiger partial charge in [0.1, 0.15) is 5.82 Å². The van der Waals surface area contributed by atoms with Crippen molar-refractivity contribution in [2.45, 2.75) is 18.2 Å². The van der Waals surface area contributed by atoms with E-state index in [9.17, 15) is 9.18 Å². The van der Waals surface area contributed by atoms with Gasteiger partial charge in [0, 0.05) is 11.4 Å². The van der Waals surface area contributed by atoms with Crippen LogP contribution in [0.1, 0.15) is 23.7 Å². The van der Waals surface area contributed by atoms with Gasteiger partial charge >= 0.3 is 0 Å². The van der Waals surface area contributed by atoms with E-state index in [1.165, 1.54) is 12.1 Å². The van der Waals surface area contributed by atoms with Crippen molar-refractivity contribution in [3.63, 3.8) is 0 Å². The molecule has 0 saturated carbocycles. The Bertz CT molecular complexity index is 384.